The number of aryl methyl sites for hydroxylation is 1. The number of likely N-dealkylation sites (tertiary alicyclic amines) is 1. The first-order valence-electron chi connectivity index (χ1n) is 11.9. The molecule has 0 unspecified atom stereocenters. The maximum atomic E-state index is 10.6. The van der Waals surface area contributed by atoms with Gasteiger partial charge in [-0.15, -0.1) is 0 Å². The highest BCUT2D eigenvalue weighted by Crippen LogP contribution is 2.39. The number of anilines is 1. The lowest BCUT2D eigenvalue weighted by Crippen LogP contribution is -2.62. The van der Waals surface area contributed by atoms with Crippen molar-refractivity contribution in [2.75, 3.05) is 19.0 Å². The van der Waals surface area contributed by atoms with Crippen molar-refractivity contribution in [2.45, 2.75) is 57.7 Å². The number of hydrogen-bond donors (Lipinski definition) is 1. The summed E-state index contributed by atoms with van der Waals surface area (Å²) in [7, 11) is 6.26. The normalized spacial score (nSPS) is 18.6. The molecule has 4 heterocycles. The Morgan fingerprint density at radius 3 is 2.26 bits per heavy atom. The number of piperidine rings is 1. The van der Waals surface area contributed by atoms with Crippen LogP contribution in [0, 0.1) is 0 Å². The number of aromatic nitrogens is 4. The predicted molar refractivity (Wildman–Crippen MR) is 138 cm³/mol. The molecule has 4 aromatic rings. The lowest BCUT2D eigenvalue weighted by atomic mass is 9.77. The molecule has 0 spiro atoms. The molecular weight excluding hydrogens is 424 g/mol. The van der Waals surface area contributed by atoms with Crippen LogP contribution < -0.4 is 4.90 Å². The molecule has 0 atom stereocenters. The number of nitrogens with zero attached hydrogens (tertiary/aromatic N) is 6. The summed E-state index contributed by atoms with van der Waals surface area (Å²) >= 11 is 0. The number of fused-ring (bicyclic) bond motifs is 2. The van der Waals surface area contributed by atoms with Gasteiger partial charge in [0.1, 0.15) is 11.6 Å². The van der Waals surface area contributed by atoms with E-state index in [0.717, 1.165) is 46.3 Å². The van der Waals surface area contributed by atoms with Crippen LogP contribution in [0.3, 0.4) is 0 Å². The maximum absolute atomic E-state index is 10.6. The van der Waals surface area contributed by atoms with Crippen LogP contribution in [0.5, 0.6) is 5.75 Å². The van der Waals surface area contributed by atoms with Crippen LogP contribution >= 0.6 is 0 Å². The van der Waals surface area contributed by atoms with Crippen LogP contribution in [-0.4, -0.2) is 61.0 Å². The molecule has 34 heavy (non-hydrogen) atoms. The van der Waals surface area contributed by atoms with E-state index in [9.17, 15) is 5.11 Å². The number of benzene rings is 1. The van der Waals surface area contributed by atoms with E-state index in [0.29, 0.717) is 11.6 Å². The Morgan fingerprint density at radius 2 is 1.56 bits per heavy atom. The summed E-state index contributed by atoms with van der Waals surface area (Å²) in [5.74, 6) is 1.14. The average Bonchev–Trinajstić information content (AvgIpc) is 3.14. The van der Waals surface area contributed by atoms with Crippen molar-refractivity contribution < 1.29 is 5.11 Å². The molecule has 0 saturated carbocycles. The molecule has 1 aliphatic rings. The van der Waals surface area contributed by atoms with E-state index >= 15 is 0 Å². The fourth-order valence-electron chi connectivity index (χ4n) is 5.51. The molecule has 1 N–H and O–H groups in total. The average molecular weight is 459 g/mol. The summed E-state index contributed by atoms with van der Waals surface area (Å²) in [5, 5.41) is 15.9. The van der Waals surface area contributed by atoms with E-state index in [2.05, 4.69) is 62.8 Å². The number of phenols is 1. The lowest BCUT2D eigenvalue weighted by molar-refractivity contribution is -0.0120. The molecule has 178 valence electrons. The van der Waals surface area contributed by atoms with Gasteiger partial charge in [0.15, 0.2) is 0 Å². The fourth-order valence-corrected chi connectivity index (χ4v) is 5.51. The number of hydrogen-bond acceptors (Lipinski definition) is 6. The summed E-state index contributed by atoms with van der Waals surface area (Å²) in [5.41, 5.74) is 4.07. The van der Waals surface area contributed by atoms with Crippen LogP contribution in [0.4, 0.5) is 5.82 Å². The lowest BCUT2D eigenvalue weighted by Gasteiger charge is -2.55. The van der Waals surface area contributed by atoms with Crippen molar-refractivity contribution >= 4 is 27.8 Å². The Hall–Kier alpha value is -3.19. The van der Waals surface area contributed by atoms with Gasteiger partial charge in [-0.05, 0) is 77.9 Å². The van der Waals surface area contributed by atoms with Gasteiger partial charge in [-0.1, -0.05) is 0 Å². The highest BCUT2D eigenvalue weighted by atomic mass is 16.3. The molecule has 0 bridgehead atoms. The Balaban J connectivity index is 1.46. The summed E-state index contributed by atoms with van der Waals surface area (Å²) < 4.78 is 1.75. The molecule has 1 aromatic carbocycles. The molecule has 5 rings (SSSR count). The molecule has 7 nitrogen and oxygen atoms in total. The largest absolute Gasteiger partial charge is 0.507 e. The zero-order chi connectivity index (χ0) is 24.4. The maximum Gasteiger partial charge on any atom is 0.129 e. The van der Waals surface area contributed by atoms with Crippen LogP contribution in [0.15, 0.2) is 42.6 Å². The van der Waals surface area contributed by atoms with Gasteiger partial charge in [0, 0.05) is 54.4 Å². The van der Waals surface area contributed by atoms with Crippen molar-refractivity contribution in [1.82, 2.24) is 24.6 Å². The second kappa shape index (κ2) is 7.67. The third-order valence-electron chi connectivity index (χ3n) is 7.74. The van der Waals surface area contributed by atoms with E-state index in [1.54, 1.807) is 10.7 Å². The highest BCUT2D eigenvalue weighted by molar-refractivity contribution is 5.88. The van der Waals surface area contributed by atoms with Gasteiger partial charge in [0.2, 0.25) is 0 Å². The summed E-state index contributed by atoms with van der Waals surface area (Å²) in [6.07, 6.45) is 4.10. The van der Waals surface area contributed by atoms with Gasteiger partial charge < -0.3 is 10.0 Å². The third-order valence-corrected chi connectivity index (χ3v) is 7.74. The van der Waals surface area contributed by atoms with Crippen LogP contribution in [0.1, 0.15) is 40.5 Å². The number of pyridine rings is 2. The minimum Gasteiger partial charge on any atom is -0.507 e. The minimum atomic E-state index is 0.116. The van der Waals surface area contributed by atoms with Crippen LogP contribution in [0.25, 0.3) is 33.2 Å². The number of phenolic OH excluding ortho intramolecular Hbond substituents is 1. The molecule has 0 amide bonds. The molecule has 0 aliphatic carbocycles. The second-order valence-corrected chi connectivity index (χ2v) is 11.0. The van der Waals surface area contributed by atoms with Crippen molar-refractivity contribution in [3.8, 4) is 17.0 Å². The van der Waals surface area contributed by atoms with Crippen molar-refractivity contribution in [2.24, 2.45) is 7.05 Å². The molecule has 1 saturated heterocycles. The predicted octanol–water partition coefficient (Wildman–Crippen LogP) is 4.98. The van der Waals surface area contributed by atoms with Crippen molar-refractivity contribution in [3.63, 3.8) is 0 Å². The third kappa shape index (κ3) is 3.78. The van der Waals surface area contributed by atoms with E-state index in [1.165, 1.54) is 0 Å². The molecule has 0 radical (unpaired) electrons. The van der Waals surface area contributed by atoms with Gasteiger partial charge >= 0.3 is 0 Å². The molecule has 7 heteroatoms. The Bertz CT molecular complexity index is 1370. The van der Waals surface area contributed by atoms with Gasteiger partial charge in [-0.3, -0.25) is 9.58 Å². The van der Waals surface area contributed by atoms with E-state index in [4.69, 9.17) is 9.97 Å². The number of rotatable bonds is 3. The van der Waals surface area contributed by atoms with Gasteiger partial charge in [-0.25, -0.2) is 9.97 Å². The molecule has 1 aliphatic heterocycles. The first-order valence-corrected chi connectivity index (χ1v) is 11.9. The van der Waals surface area contributed by atoms with E-state index in [-0.39, 0.29) is 16.8 Å². The first kappa shape index (κ1) is 22.6. The monoisotopic (exact) mass is 458 g/mol. The first-order chi connectivity index (χ1) is 15.9. The molecular formula is C27H34N6O. The SMILES string of the molecule is CN(c1ccc2nc(-c3cc4cn(C)nc4cc3O)ccc2n1)C1CC(C)(C)N(C)C(C)(C)C1. The highest BCUT2D eigenvalue weighted by Gasteiger charge is 2.44. The minimum absolute atomic E-state index is 0.116. The molecule has 1 fully saturated rings. The van der Waals surface area contributed by atoms with E-state index < -0.39 is 0 Å². The van der Waals surface area contributed by atoms with Crippen LogP contribution in [-0.2, 0) is 7.05 Å². The second-order valence-electron chi connectivity index (χ2n) is 11.0. The zero-order valence-corrected chi connectivity index (χ0v) is 21.2. The zero-order valence-electron chi connectivity index (χ0n) is 21.2. The van der Waals surface area contributed by atoms with Gasteiger partial charge in [0.25, 0.3) is 0 Å². The Labute approximate surface area is 201 Å². The number of aromatic hydroxyl groups is 1. The van der Waals surface area contributed by atoms with Gasteiger partial charge in [-0.2, -0.15) is 5.10 Å². The van der Waals surface area contributed by atoms with Crippen molar-refractivity contribution in [1.29, 1.82) is 0 Å². The fraction of sp³-hybridized carbons (Fsp3) is 0.444. The summed E-state index contributed by atoms with van der Waals surface area (Å²) in [6.45, 7) is 9.30. The van der Waals surface area contributed by atoms with Crippen molar-refractivity contribution in [3.05, 3.63) is 42.6 Å². The Kier molecular flexibility index (Phi) is 5.09. The topological polar surface area (TPSA) is 70.3 Å². The smallest absolute Gasteiger partial charge is 0.129 e. The standard InChI is InChI=1S/C27H34N6O/c1-26(2)14-18(15-27(3,4)33(26)7)32(6)25-11-10-21-22(29-25)9-8-20(28-21)19-12-17-16-31(5)30-23(17)13-24(19)34/h8-13,16,18,34H,14-15H2,1-7H3. The van der Waals surface area contributed by atoms with Crippen LogP contribution in [0.2, 0.25) is 0 Å². The summed E-state index contributed by atoms with van der Waals surface area (Å²) in [4.78, 5) is 14.6. The quantitative estimate of drug-likeness (QED) is 0.467. The molecule has 3 aromatic heterocycles. The summed E-state index contributed by atoms with van der Waals surface area (Å²) in [6, 6.07) is 12.0. The Morgan fingerprint density at radius 1 is 0.912 bits per heavy atom. The van der Waals surface area contributed by atoms with E-state index in [1.807, 2.05) is 37.5 Å². The van der Waals surface area contributed by atoms with Gasteiger partial charge in [0.05, 0.1) is 22.2 Å².